The van der Waals surface area contributed by atoms with E-state index >= 15 is 0 Å². The van der Waals surface area contributed by atoms with Crippen LogP contribution in [0.5, 0.6) is 0 Å². The van der Waals surface area contributed by atoms with E-state index in [1.807, 2.05) is 0 Å². The van der Waals surface area contributed by atoms with Gasteiger partial charge in [0.25, 0.3) is 5.91 Å². The van der Waals surface area contributed by atoms with E-state index in [2.05, 4.69) is 20.8 Å². The average molecular weight is 374 g/mol. The number of nitrogens with zero attached hydrogens (tertiary/aromatic N) is 2. The summed E-state index contributed by atoms with van der Waals surface area (Å²) < 4.78 is 22.9. The molecule has 1 unspecified atom stereocenters. The van der Waals surface area contributed by atoms with Gasteiger partial charge in [0.15, 0.2) is 21.3 Å². The molecule has 1 aromatic carbocycles. The number of ketones is 1. The monoisotopic (exact) mass is 374 g/mol. The maximum atomic E-state index is 12.2. The van der Waals surface area contributed by atoms with Gasteiger partial charge in [-0.3, -0.25) is 9.59 Å². The van der Waals surface area contributed by atoms with Crippen LogP contribution in [-0.4, -0.2) is 47.9 Å². The molecule has 136 valence electrons. The largest absolute Gasteiger partial charge is 0.365 e. The van der Waals surface area contributed by atoms with Crippen LogP contribution >= 0.6 is 0 Å². The number of rotatable bonds is 5. The van der Waals surface area contributed by atoms with E-state index in [1.54, 1.807) is 30.3 Å². The molecular weight excluding hydrogens is 356 g/mol. The molecule has 0 bridgehead atoms. The lowest BCUT2D eigenvalue weighted by Crippen LogP contribution is -2.22. The van der Waals surface area contributed by atoms with Gasteiger partial charge in [-0.1, -0.05) is 12.1 Å². The summed E-state index contributed by atoms with van der Waals surface area (Å²) in [5.74, 6) is 0.113. The van der Waals surface area contributed by atoms with E-state index in [-0.39, 0.29) is 29.0 Å². The second-order valence-electron chi connectivity index (χ2n) is 6.14. The number of Topliss-reactive ketones (excluding diaryl/α,β-unsaturated/α-hetero) is 1. The Morgan fingerprint density at radius 1 is 1.15 bits per heavy atom. The molecule has 26 heavy (non-hydrogen) atoms. The molecule has 1 aliphatic rings. The molecule has 0 aliphatic carbocycles. The summed E-state index contributed by atoms with van der Waals surface area (Å²) in [4.78, 5) is 23.6. The molecule has 0 radical (unpaired) electrons. The van der Waals surface area contributed by atoms with Gasteiger partial charge < -0.3 is 10.6 Å². The van der Waals surface area contributed by atoms with Crippen LogP contribution in [0, 0.1) is 0 Å². The Morgan fingerprint density at radius 2 is 1.96 bits per heavy atom. The fraction of sp³-hybridized carbons (Fsp3) is 0.294. The van der Waals surface area contributed by atoms with Crippen LogP contribution in [0.1, 0.15) is 34.2 Å². The first kappa shape index (κ1) is 18.0. The summed E-state index contributed by atoms with van der Waals surface area (Å²) in [6.07, 6.45) is 0.527. The van der Waals surface area contributed by atoms with E-state index in [9.17, 15) is 18.0 Å². The van der Waals surface area contributed by atoms with Crippen LogP contribution < -0.4 is 10.6 Å². The third-order valence-corrected chi connectivity index (χ3v) is 5.78. The fourth-order valence-electron chi connectivity index (χ4n) is 2.66. The minimum absolute atomic E-state index is 0.0728. The number of hydrogen-bond acceptors (Lipinski definition) is 7. The number of aromatic nitrogens is 2. The van der Waals surface area contributed by atoms with Crippen molar-refractivity contribution in [2.75, 3.05) is 22.1 Å². The first-order valence-electron chi connectivity index (χ1n) is 8.05. The van der Waals surface area contributed by atoms with E-state index in [4.69, 9.17) is 0 Å². The molecule has 1 saturated heterocycles. The van der Waals surface area contributed by atoms with E-state index in [0.717, 1.165) is 0 Å². The van der Waals surface area contributed by atoms with Crippen molar-refractivity contribution in [3.8, 4) is 0 Å². The van der Waals surface area contributed by atoms with Crippen LogP contribution in [0.15, 0.2) is 36.4 Å². The quantitative estimate of drug-likeness (QED) is 0.762. The summed E-state index contributed by atoms with van der Waals surface area (Å²) in [7, 11) is -2.98. The molecule has 1 atom stereocenters. The fourth-order valence-corrected chi connectivity index (χ4v) is 4.33. The molecule has 0 spiro atoms. The van der Waals surface area contributed by atoms with Crippen molar-refractivity contribution in [1.29, 1.82) is 0 Å². The Bertz CT molecular complexity index is 941. The van der Waals surface area contributed by atoms with Crippen molar-refractivity contribution in [1.82, 2.24) is 10.2 Å². The van der Waals surface area contributed by atoms with Crippen molar-refractivity contribution >= 4 is 33.0 Å². The maximum Gasteiger partial charge on any atom is 0.276 e. The summed E-state index contributed by atoms with van der Waals surface area (Å²) in [5, 5.41) is 13.5. The van der Waals surface area contributed by atoms with Gasteiger partial charge in [0.1, 0.15) is 5.82 Å². The number of sulfone groups is 1. The highest BCUT2D eigenvalue weighted by Crippen LogP contribution is 2.16. The predicted molar refractivity (Wildman–Crippen MR) is 97.1 cm³/mol. The van der Waals surface area contributed by atoms with Gasteiger partial charge in [-0.25, -0.2) is 8.42 Å². The molecule has 9 heteroatoms. The Morgan fingerprint density at radius 3 is 2.58 bits per heavy atom. The molecule has 1 aliphatic heterocycles. The standard InChI is InChI=1S/C17H18N4O4S/c1-11(22)12-3-2-4-13(9-12)19-17(23)15-5-6-16(21-20-15)18-14-7-8-26(24,25)10-14/h2-6,9,14H,7-8,10H2,1H3,(H,18,21)(H,19,23). The number of carbonyl (C=O) groups excluding carboxylic acids is 2. The summed E-state index contributed by atoms with van der Waals surface area (Å²) >= 11 is 0. The SMILES string of the molecule is CC(=O)c1cccc(NC(=O)c2ccc(NC3CCS(=O)(=O)C3)nn2)c1. The summed E-state index contributed by atoms with van der Waals surface area (Å²) in [5.41, 5.74) is 1.10. The normalized spacial score (nSPS) is 18.3. The van der Waals surface area contributed by atoms with Crippen molar-refractivity contribution in [3.05, 3.63) is 47.7 Å². The van der Waals surface area contributed by atoms with Crippen LogP contribution in [-0.2, 0) is 9.84 Å². The van der Waals surface area contributed by atoms with Crippen molar-refractivity contribution < 1.29 is 18.0 Å². The smallest absolute Gasteiger partial charge is 0.276 e. The van der Waals surface area contributed by atoms with Gasteiger partial charge in [-0.15, -0.1) is 10.2 Å². The van der Waals surface area contributed by atoms with E-state index < -0.39 is 15.7 Å². The topological polar surface area (TPSA) is 118 Å². The number of benzene rings is 1. The number of amides is 1. The third-order valence-electron chi connectivity index (χ3n) is 4.01. The van der Waals surface area contributed by atoms with Crippen molar-refractivity contribution in [3.63, 3.8) is 0 Å². The number of hydrogen-bond donors (Lipinski definition) is 2. The van der Waals surface area contributed by atoms with Gasteiger partial charge in [0.05, 0.1) is 11.5 Å². The lowest BCUT2D eigenvalue weighted by atomic mass is 10.1. The average Bonchev–Trinajstić information content (AvgIpc) is 2.94. The second-order valence-corrected chi connectivity index (χ2v) is 8.37. The molecule has 1 fully saturated rings. The van der Waals surface area contributed by atoms with E-state index in [1.165, 1.54) is 13.0 Å². The van der Waals surface area contributed by atoms with Crippen LogP contribution in [0.3, 0.4) is 0 Å². The predicted octanol–water partition coefficient (Wildman–Crippen LogP) is 1.53. The van der Waals surface area contributed by atoms with Gasteiger partial charge in [0.2, 0.25) is 0 Å². The zero-order valence-electron chi connectivity index (χ0n) is 14.1. The number of carbonyl (C=O) groups is 2. The molecule has 2 heterocycles. The van der Waals surface area contributed by atoms with Gasteiger partial charge in [-0.2, -0.15) is 0 Å². The summed E-state index contributed by atoms with van der Waals surface area (Å²) in [6.45, 7) is 1.45. The molecule has 3 rings (SSSR count). The van der Waals surface area contributed by atoms with Crippen molar-refractivity contribution in [2.45, 2.75) is 19.4 Å². The molecule has 8 nitrogen and oxygen atoms in total. The van der Waals surface area contributed by atoms with Gasteiger partial charge in [0, 0.05) is 17.3 Å². The lowest BCUT2D eigenvalue weighted by Gasteiger charge is -2.11. The highest BCUT2D eigenvalue weighted by atomic mass is 32.2. The van der Waals surface area contributed by atoms with Gasteiger partial charge >= 0.3 is 0 Å². The zero-order valence-corrected chi connectivity index (χ0v) is 14.9. The zero-order chi connectivity index (χ0) is 18.7. The second kappa shape index (κ2) is 7.20. The maximum absolute atomic E-state index is 12.2. The molecule has 0 saturated carbocycles. The Labute approximate surface area is 150 Å². The first-order chi connectivity index (χ1) is 12.3. The Balaban J connectivity index is 1.64. The molecular formula is C17H18N4O4S. The van der Waals surface area contributed by atoms with Crippen LogP contribution in [0.25, 0.3) is 0 Å². The van der Waals surface area contributed by atoms with Gasteiger partial charge in [-0.05, 0) is 37.6 Å². The van der Waals surface area contributed by atoms with Crippen LogP contribution in [0.4, 0.5) is 11.5 Å². The lowest BCUT2D eigenvalue weighted by molar-refractivity contribution is 0.100. The number of nitrogens with one attached hydrogen (secondary N) is 2. The summed E-state index contributed by atoms with van der Waals surface area (Å²) in [6, 6.07) is 9.51. The van der Waals surface area contributed by atoms with Crippen LogP contribution in [0.2, 0.25) is 0 Å². The highest BCUT2D eigenvalue weighted by Gasteiger charge is 2.28. The highest BCUT2D eigenvalue weighted by molar-refractivity contribution is 7.91. The molecule has 2 N–H and O–H groups in total. The number of anilines is 2. The third kappa shape index (κ3) is 4.42. The Hall–Kier alpha value is -2.81. The first-order valence-corrected chi connectivity index (χ1v) is 9.87. The van der Waals surface area contributed by atoms with E-state index in [0.29, 0.717) is 23.5 Å². The molecule has 1 aromatic heterocycles. The molecule has 1 amide bonds. The minimum Gasteiger partial charge on any atom is -0.365 e. The molecule has 2 aromatic rings. The Kier molecular flexibility index (Phi) is 4.99. The minimum atomic E-state index is -2.98. The van der Waals surface area contributed by atoms with Crippen molar-refractivity contribution in [2.24, 2.45) is 0 Å².